The molecule has 0 aliphatic heterocycles. The Kier molecular flexibility index (Phi) is 4.77. The van der Waals surface area contributed by atoms with Crippen molar-refractivity contribution < 1.29 is 4.79 Å². The Morgan fingerprint density at radius 3 is 2.81 bits per heavy atom. The monoisotopic (exact) mass is 217 g/mol. The van der Waals surface area contributed by atoms with Crippen molar-refractivity contribution in [2.45, 2.75) is 27.2 Å². The van der Waals surface area contributed by atoms with E-state index in [9.17, 15) is 4.79 Å². The fourth-order valence-corrected chi connectivity index (χ4v) is 1.51. The predicted octanol–water partition coefficient (Wildman–Crippen LogP) is 3.00. The van der Waals surface area contributed by atoms with E-state index >= 15 is 0 Å². The van der Waals surface area contributed by atoms with E-state index in [-0.39, 0.29) is 5.91 Å². The SMILES string of the molecule is C/C=C/CCNC(=O)c1cc(C)ccc1C. The molecule has 1 aromatic carbocycles. The summed E-state index contributed by atoms with van der Waals surface area (Å²) in [6.45, 7) is 6.62. The Hall–Kier alpha value is -1.57. The maximum atomic E-state index is 11.8. The van der Waals surface area contributed by atoms with Crippen molar-refractivity contribution in [2.75, 3.05) is 6.54 Å². The third-order valence-corrected chi connectivity index (χ3v) is 2.47. The van der Waals surface area contributed by atoms with Crippen molar-refractivity contribution in [1.29, 1.82) is 0 Å². The molecule has 0 aromatic heterocycles. The maximum Gasteiger partial charge on any atom is 0.251 e. The summed E-state index contributed by atoms with van der Waals surface area (Å²) in [4.78, 5) is 11.8. The molecule has 0 saturated heterocycles. The molecular weight excluding hydrogens is 198 g/mol. The molecule has 2 heteroatoms. The van der Waals surface area contributed by atoms with E-state index in [1.807, 2.05) is 51.1 Å². The molecule has 86 valence electrons. The van der Waals surface area contributed by atoms with Crippen LogP contribution in [0.2, 0.25) is 0 Å². The highest BCUT2D eigenvalue weighted by Gasteiger charge is 2.07. The number of carbonyl (C=O) groups excluding carboxylic acids is 1. The molecule has 0 radical (unpaired) electrons. The fraction of sp³-hybridized carbons (Fsp3) is 0.357. The van der Waals surface area contributed by atoms with Crippen LogP contribution in [-0.4, -0.2) is 12.5 Å². The van der Waals surface area contributed by atoms with Gasteiger partial charge in [-0.05, 0) is 38.8 Å². The van der Waals surface area contributed by atoms with Gasteiger partial charge in [-0.25, -0.2) is 0 Å². The van der Waals surface area contributed by atoms with Gasteiger partial charge in [-0.15, -0.1) is 0 Å². The van der Waals surface area contributed by atoms with E-state index < -0.39 is 0 Å². The molecule has 16 heavy (non-hydrogen) atoms. The molecule has 0 heterocycles. The summed E-state index contributed by atoms with van der Waals surface area (Å²) >= 11 is 0. The lowest BCUT2D eigenvalue weighted by atomic mass is 10.1. The fourth-order valence-electron chi connectivity index (χ4n) is 1.51. The van der Waals surface area contributed by atoms with E-state index in [1.54, 1.807) is 0 Å². The largest absolute Gasteiger partial charge is 0.352 e. The van der Waals surface area contributed by atoms with Crippen LogP contribution in [0, 0.1) is 13.8 Å². The van der Waals surface area contributed by atoms with Crippen molar-refractivity contribution in [1.82, 2.24) is 5.32 Å². The second kappa shape index (κ2) is 6.11. The zero-order valence-corrected chi connectivity index (χ0v) is 10.2. The van der Waals surface area contributed by atoms with Gasteiger partial charge in [0.25, 0.3) is 5.91 Å². The minimum Gasteiger partial charge on any atom is -0.352 e. The quantitative estimate of drug-likeness (QED) is 0.609. The van der Waals surface area contributed by atoms with Crippen LogP contribution >= 0.6 is 0 Å². The zero-order valence-electron chi connectivity index (χ0n) is 10.2. The van der Waals surface area contributed by atoms with Gasteiger partial charge in [0, 0.05) is 12.1 Å². The van der Waals surface area contributed by atoms with Crippen LogP contribution in [0.25, 0.3) is 0 Å². The highest BCUT2D eigenvalue weighted by molar-refractivity contribution is 5.95. The van der Waals surface area contributed by atoms with E-state index in [0.717, 1.165) is 23.1 Å². The van der Waals surface area contributed by atoms with Crippen molar-refractivity contribution in [3.63, 3.8) is 0 Å². The van der Waals surface area contributed by atoms with E-state index in [2.05, 4.69) is 5.32 Å². The molecular formula is C14H19NO. The number of hydrogen-bond acceptors (Lipinski definition) is 1. The first kappa shape index (κ1) is 12.5. The molecule has 0 bridgehead atoms. The van der Waals surface area contributed by atoms with Gasteiger partial charge in [-0.1, -0.05) is 29.8 Å². The smallest absolute Gasteiger partial charge is 0.251 e. The number of benzene rings is 1. The Morgan fingerprint density at radius 2 is 2.12 bits per heavy atom. The third kappa shape index (κ3) is 3.54. The van der Waals surface area contributed by atoms with Gasteiger partial charge in [0.1, 0.15) is 0 Å². The van der Waals surface area contributed by atoms with Gasteiger partial charge in [0.05, 0.1) is 0 Å². The van der Waals surface area contributed by atoms with Crippen LogP contribution in [0.3, 0.4) is 0 Å². The lowest BCUT2D eigenvalue weighted by Gasteiger charge is -2.07. The van der Waals surface area contributed by atoms with Crippen molar-refractivity contribution in [3.8, 4) is 0 Å². The molecule has 1 rings (SSSR count). The van der Waals surface area contributed by atoms with E-state index in [0.29, 0.717) is 6.54 Å². The molecule has 0 saturated carbocycles. The molecule has 1 amide bonds. The number of carbonyl (C=O) groups is 1. The molecule has 0 fully saturated rings. The molecule has 1 aromatic rings. The molecule has 1 N–H and O–H groups in total. The van der Waals surface area contributed by atoms with Crippen LogP contribution in [-0.2, 0) is 0 Å². The van der Waals surface area contributed by atoms with Crippen LogP contribution < -0.4 is 5.32 Å². The summed E-state index contributed by atoms with van der Waals surface area (Å²) < 4.78 is 0. The van der Waals surface area contributed by atoms with Crippen LogP contribution in [0.5, 0.6) is 0 Å². The minimum absolute atomic E-state index is 0.0192. The Bertz CT molecular complexity index is 394. The number of allylic oxidation sites excluding steroid dienone is 1. The number of aryl methyl sites for hydroxylation is 2. The first-order chi connectivity index (χ1) is 7.65. The average Bonchev–Trinajstić information content (AvgIpc) is 2.27. The summed E-state index contributed by atoms with van der Waals surface area (Å²) in [7, 11) is 0. The summed E-state index contributed by atoms with van der Waals surface area (Å²) in [6, 6.07) is 5.93. The van der Waals surface area contributed by atoms with Crippen LogP contribution in [0.15, 0.2) is 30.4 Å². The highest BCUT2D eigenvalue weighted by atomic mass is 16.1. The number of rotatable bonds is 4. The third-order valence-electron chi connectivity index (χ3n) is 2.47. The average molecular weight is 217 g/mol. The van der Waals surface area contributed by atoms with Crippen molar-refractivity contribution in [3.05, 3.63) is 47.0 Å². The topological polar surface area (TPSA) is 29.1 Å². The van der Waals surface area contributed by atoms with Crippen molar-refractivity contribution in [2.24, 2.45) is 0 Å². The summed E-state index contributed by atoms with van der Waals surface area (Å²) in [5, 5.41) is 2.91. The minimum atomic E-state index is 0.0192. The van der Waals surface area contributed by atoms with Gasteiger partial charge in [-0.3, -0.25) is 4.79 Å². The van der Waals surface area contributed by atoms with Gasteiger partial charge in [-0.2, -0.15) is 0 Å². The first-order valence-electron chi connectivity index (χ1n) is 5.61. The van der Waals surface area contributed by atoms with E-state index in [4.69, 9.17) is 0 Å². The van der Waals surface area contributed by atoms with Gasteiger partial charge in [0.15, 0.2) is 0 Å². The predicted molar refractivity (Wildman–Crippen MR) is 67.7 cm³/mol. The van der Waals surface area contributed by atoms with Gasteiger partial charge >= 0.3 is 0 Å². The summed E-state index contributed by atoms with van der Waals surface area (Å²) in [5.74, 6) is 0.0192. The molecule has 0 spiro atoms. The Labute approximate surface area is 97.4 Å². The number of hydrogen-bond donors (Lipinski definition) is 1. The van der Waals surface area contributed by atoms with Gasteiger partial charge < -0.3 is 5.32 Å². The standard InChI is InChI=1S/C14H19NO/c1-4-5-6-9-15-14(16)13-10-11(2)7-8-12(13)3/h4-5,7-8,10H,6,9H2,1-3H3,(H,15,16)/b5-4+. The summed E-state index contributed by atoms with van der Waals surface area (Å²) in [6.07, 6.45) is 4.92. The highest BCUT2D eigenvalue weighted by Crippen LogP contribution is 2.10. The Balaban J connectivity index is 2.62. The van der Waals surface area contributed by atoms with E-state index in [1.165, 1.54) is 0 Å². The second-order valence-electron chi connectivity index (χ2n) is 3.93. The zero-order chi connectivity index (χ0) is 12.0. The first-order valence-corrected chi connectivity index (χ1v) is 5.61. The molecule has 0 aliphatic rings. The summed E-state index contributed by atoms with van der Waals surface area (Å²) in [5.41, 5.74) is 2.92. The van der Waals surface area contributed by atoms with Crippen LogP contribution in [0.1, 0.15) is 34.8 Å². The van der Waals surface area contributed by atoms with Crippen LogP contribution in [0.4, 0.5) is 0 Å². The van der Waals surface area contributed by atoms with Gasteiger partial charge in [0.2, 0.25) is 0 Å². The molecule has 0 aliphatic carbocycles. The lowest BCUT2D eigenvalue weighted by Crippen LogP contribution is -2.24. The maximum absolute atomic E-state index is 11.8. The normalized spacial score (nSPS) is 10.7. The molecule has 2 nitrogen and oxygen atoms in total. The lowest BCUT2D eigenvalue weighted by molar-refractivity contribution is 0.0953. The Morgan fingerprint density at radius 1 is 1.38 bits per heavy atom. The van der Waals surface area contributed by atoms with Crippen molar-refractivity contribution >= 4 is 5.91 Å². The molecule has 0 atom stereocenters. The molecule has 0 unspecified atom stereocenters. The number of amides is 1. The second-order valence-corrected chi connectivity index (χ2v) is 3.93. The number of nitrogens with one attached hydrogen (secondary N) is 1.